The molecule has 0 saturated carbocycles. The zero-order valence-electron chi connectivity index (χ0n) is 7.23. The van der Waals surface area contributed by atoms with Crippen LogP contribution in [-0.4, -0.2) is 17.4 Å². The molecule has 0 aliphatic heterocycles. The highest BCUT2D eigenvalue weighted by Crippen LogP contribution is 2.13. The molecule has 3 nitrogen and oxygen atoms in total. The van der Waals surface area contributed by atoms with Crippen molar-refractivity contribution in [2.45, 2.75) is 13.8 Å². The molecule has 12 heavy (non-hydrogen) atoms. The van der Waals surface area contributed by atoms with Crippen LogP contribution in [0.15, 0.2) is 28.3 Å². The van der Waals surface area contributed by atoms with Crippen LogP contribution in [0.3, 0.4) is 0 Å². The minimum absolute atomic E-state index is 0.715. The lowest BCUT2D eigenvalue weighted by molar-refractivity contribution is 1.26. The fourth-order valence-electron chi connectivity index (χ4n) is 0.812. The van der Waals surface area contributed by atoms with Crippen LogP contribution in [0.25, 0.3) is 0 Å². The number of hydrogen-bond donors (Lipinski definition) is 0. The molecule has 0 atom stereocenters. The summed E-state index contributed by atoms with van der Waals surface area (Å²) in [5.41, 5.74) is 0.854. The van der Waals surface area contributed by atoms with Gasteiger partial charge < -0.3 is 0 Å². The second-order valence-corrected chi connectivity index (χ2v) is 2.15. The third-order valence-electron chi connectivity index (χ3n) is 1.27. The second kappa shape index (κ2) is 4.38. The molecule has 0 saturated heterocycles. The quantitative estimate of drug-likeness (QED) is 0.614. The highest BCUT2D eigenvalue weighted by Gasteiger charge is 1.89. The molecule has 0 fully saturated rings. The molecule has 0 N–H and O–H groups in total. The van der Waals surface area contributed by atoms with E-state index in [0.717, 1.165) is 5.69 Å². The van der Waals surface area contributed by atoms with Crippen molar-refractivity contribution < 1.29 is 0 Å². The third-order valence-corrected chi connectivity index (χ3v) is 1.27. The van der Waals surface area contributed by atoms with Gasteiger partial charge >= 0.3 is 0 Å². The lowest BCUT2D eigenvalue weighted by atomic mass is 10.4. The first-order valence-corrected chi connectivity index (χ1v) is 3.80. The van der Waals surface area contributed by atoms with Gasteiger partial charge in [0.25, 0.3) is 0 Å². The lowest BCUT2D eigenvalue weighted by Gasteiger charge is -1.92. The number of hydrogen-bond acceptors (Lipinski definition) is 3. The summed E-state index contributed by atoms with van der Waals surface area (Å²) >= 11 is 0. The van der Waals surface area contributed by atoms with E-state index in [2.05, 4.69) is 15.0 Å². The fourth-order valence-corrected chi connectivity index (χ4v) is 0.812. The van der Waals surface area contributed by atoms with Crippen LogP contribution >= 0.6 is 0 Å². The van der Waals surface area contributed by atoms with Gasteiger partial charge in [-0.05, 0) is 26.0 Å². The van der Waals surface area contributed by atoms with Crippen LogP contribution in [-0.2, 0) is 0 Å². The summed E-state index contributed by atoms with van der Waals surface area (Å²) in [7, 11) is 0. The van der Waals surface area contributed by atoms with E-state index >= 15 is 0 Å². The molecule has 0 radical (unpaired) electrons. The molecule has 0 aliphatic rings. The van der Waals surface area contributed by atoms with E-state index in [1.807, 2.05) is 26.0 Å². The van der Waals surface area contributed by atoms with Crippen LogP contribution in [0.4, 0.5) is 11.5 Å². The minimum atomic E-state index is 0.715. The Morgan fingerprint density at radius 1 is 1.17 bits per heavy atom. The molecule has 0 amide bonds. The molecule has 1 aromatic rings. The van der Waals surface area contributed by atoms with Crippen molar-refractivity contribution >= 4 is 23.9 Å². The average Bonchev–Trinajstić information content (AvgIpc) is 2.09. The molecule has 0 unspecified atom stereocenters. The standard InChI is InChI=1S/C9H11N3/c1-3-10-8-5-6-9(11-4-2)12-7-8/h3-7H,1-2H3. The third kappa shape index (κ3) is 2.27. The van der Waals surface area contributed by atoms with Crippen molar-refractivity contribution in [2.75, 3.05) is 0 Å². The van der Waals surface area contributed by atoms with Gasteiger partial charge in [-0.3, -0.25) is 4.99 Å². The van der Waals surface area contributed by atoms with Crippen LogP contribution in [0.2, 0.25) is 0 Å². The second-order valence-electron chi connectivity index (χ2n) is 2.15. The zero-order valence-corrected chi connectivity index (χ0v) is 7.23. The monoisotopic (exact) mass is 161 g/mol. The summed E-state index contributed by atoms with van der Waals surface area (Å²) in [6.45, 7) is 3.73. The molecule has 1 heterocycles. The van der Waals surface area contributed by atoms with E-state index in [0.29, 0.717) is 5.82 Å². The molecule has 0 spiro atoms. The van der Waals surface area contributed by atoms with Gasteiger partial charge in [-0.2, -0.15) is 0 Å². The van der Waals surface area contributed by atoms with Crippen LogP contribution in [0, 0.1) is 0 Å². The average molecular weight is 161 g/mol. The van der Waals surface area contributed by atoms with Gasteiger partial charge in [0, 0.05) is 12.4 Å². The Kier molecular flexibility index (Phi) is 3.14. The molecule has 1 rings (SSSR count). The van der Waals surface area contributed by atoms with E-state index in [-0.39, 0.29) is 0 Å². The Morgan fingerprint density at radius 3 is 2.42 bits per heavy atom. The lowest BCUT2D eigenvalue weighted by Crippen LogP contribution is -1.73. The number of nitrogens with zero attached hydrogens (tertiary/aromatic N) is 3. The zero-order chi connectivity index (χ0) is 8.81. The predicted octanol–water partition coefficient (Wildman–Crippen LogP) is 2.53. The number of pyridine rings is 1. The van der Waals surface area contributed by atoms with Gasteiger partial charge in [-0.25, -0.2) is 9.98 Å². The van der Waals surface area contributed by atoms with E-state index in [1.165, 1.54) is 0 Å². The van der Waals surface area contributed by atoms with Gasteiger partial charge in [0.2, 0.25) is 0 Å². The topological polar surface area (TPSA) is 37.6 Å². The first-order valence-electron chi connectivity index (χ1n) is 3.80. The number of aliphatic imine (C=N–C) groups is 2. The Bertz CT molecular complexity index is 254. The minimum Gasteiger partial charge on any atom is -0.260 e. The summed E-state index contributed by atoms with van der Waals surface area (Å²) in [5, 5.41) is 0. The molecule has 1 aromatic heterocycles. The highest BCUT2D eigenvalue weighted by molar-refractivity contribution is 5.61. The Labute approximate surface area is 71.9 Å². The summed E-state index contributed by atoms with van der Waals surface area (Å²) in [6, 6.07) is 3.72. The van der Waals surface area contributed by atoms with Crippen LogP contribution in [0.1, 0.15) is 13.8 Å². The van der Waals surface area contributed by atoms with E-state index in [9.17, 15) is 0 Å². The number of rotatable bonds is 2. The number of aromatic nitrogens is 1. The SMILES string of the molecule is CC=Nc1ccc(N=CC)nc1. The van der Waals surface area contributed by atoms with Crippen molar-refractivity contribution in [1.29, 1.82) is 0 Å². The fraction of sp³-hybridized carbons (Fsp3) is 0.222. The predicted molar refractivity (Wildman–Crippen MR) is 51.9 cm³/mol. The molecule has 3 heteroatoms. The maximum absolute atomic E-state index is 4.08. The summed E-state index contributed by atoms with van der Waals surface area (Å²) in [6.07, 6.45) is 5.15. The molecule has 0 aliphatic carbocycles. The highest BCUT2D eigenvalue weighted by atomic mass is 14.9. The van der Waals surface area contributed by atoms with Crippen LogP contribution in [0.5, 0.6) is 0 Å². The Balaban J connectivity index is 2.85. The van der Waals surface area contributed by atoms with Gasteiger partial charge in [0.15, 0.2) is 5.82 Å². The molecular weight excluding hydrogens is 150 g/mol. The Morgan fingerprint density at radius 2 is 1.92 bits per heavy atom. The normalized spacial score (nSPS) is 11.5. The van der Waals surface area contributed by atoms with Crippen molar-refractivity contribution in [3.8, 4) is 0 Å². The first kappa shape index (κ1) is 8.59. The van der Waals surface area contributed by atoms with Crippen LogP contribution < -0.4 is 0 Å². The molecule has 0 aromatic carbocycles. The first-order chi connectivity index (χ1) is 5.86. The van der Waals surface area contributed by atoms with Crippen molar-refractivity contribution in [2.24, 2.45) is 9.98 Å². The molecular formula is C9H11N3. The van der Waals surface area contributed by atoms with Crippen molar-refractivity contribution in [3.63, 3.8) is 0 Å². The van der Waals surface area contributed by atoms with E-state index < -0.39 is 0 Å². The maximum atomic E-state index is 4.08. The molecule has 0 bridgehead atoms. The summed E-state index contributed by atoms with van der Waals surface area (Å²) < 4.78 is 0. The van der Waals surface area contributed by atoms with E-state index in [4.69, 9.17) is 0 Å². The molecule has 62 valence electrons. The van der Waals surface area contributed by atoms with Gasteiger partial charge in [0.05, 0.1) is 11.9 Å². The van der Waals surface area contributed by atoms with Gasteiger partial charge in [-0.1, -0.05) is 0 Å². The Hall–Kier alpha value is -1.51. The van der Waals surface area contributed by atoms with Crippen molar-refractivity contribution in [3.05, 3.63) is 18.3 Å². The van der Waals surface area contributed by atoms with Crippen molar-refractivity contribution in [1.82, 2.24) is 4.98 Å². The van der Waals surface area contributed by atoms with Gasteiger partial charge in [0.1, 0.15) is 0 Å². The smallest absolute Gasteiger partial charge is 0.151 e. The van der Waals surface area contributed by atoms with Gasteiger partial charge in [-0.15, -0.1) is 0 Å². The maximum Gasteiger partial charge on any atom is 0.151 e. The summed E-state index contributed by atoms with van der Waals surface area (Å²) in [4.78, 5) is 12.2. The summed E-state index contributed by atoms with van der Waals surface area (Å²) in [5.74, 6) is 0.715. The van der Waals surface area contributed by atoms with E-state index in [1.54, 1.807) is 18.6 Å². The largest absolute Gasteiger partial charge is 0.260 e.